The number of halogens is 4. The number of rotatable bonds is 5. The number of benzene rings is 2. The monoisotopic (exact) mass is 472 g/mol. The zero-order chi connectivity index (χ0) is 22.8. The molecule has 3 rings (SSSR count). The highest BCUT2D eigenvalue weighted by Gasteiger charge is 2.34. The van der Waals surface area contributed by atoms with Gasteiger partial charge in [0.1, 0.15) is 0 Å². The van der Waals surface area contributed by atoms with Crippen LogP contribution >= 0.6 is 23.4 Å². The van der Waals surface area contributed by atoms with Gasteiger partial charge in [0.25, 0.3) is 5.91 Å². The topological polar surface area (TPSA) is 69.2 Å². The molecule has 2 aromatic carbocycles. The van der Waals surface area contributed by atoms with E-state index in [1.54, 1.807) is 18.2 Å². The van der Waals surface area contributed by atoms with Gasteiger partial charge in [-0.2, -0.15) is 13.2 Å². The number of aliphatic imine (C=N–C) groups is 1. The third-order valence-electron chi connectivity index (χ3n) is 4.12. The normalized spacial score (nSPS) is 16.5. The molecule has 31 heavy (non-hydrogen) atoms. The fourth-order valence-electron chi connectivity index (χ4n) is 2.76. The number of amidine groups is 1. The molecular formula is C20H16ClF3N2O4S. The van der Waals surface area contributed by atoms with E-state index in [1.165, 1.54) is 27.4 Å². The van der Waals surface area contributed by atoms with Gasteiger partial charge >= 0.3 is 6.18 Å². The summed E-state index contributed by atoms with van der Waals surface area (Å²) in [4.78, 5) is 16.5. The summed E-state index contributed by atoms with van der Waals surface area (Å²) < 4.78 is 55.7. The van der Waals surface area contributed by atoms with Gasteiger partial charge in [0.05, 0.1) is 37.5 Å². The van der Waals surface area contributed by atoms with Crippen LogP contribution in [0.15, 0.2) is 40.2 Å². The maximum atomic E-state index is 13.3. The number of carbonyl (C=O) groups is 1. The first-order chi connectivity index (χ1) is 14.7. The van der Waals surface area contributed by atoms with Crippen LogP contribution in [0, 0.1) is 0 Å². The van der Waals surface area contributed by atoms with Crippen molar-refractivity contribution in [3.05, 3.63) is 51.4 Å². The van der Waals surface area contributed by atoms with Crippen LogP contribution in [-0.4, -0.2) is 32.4 Å². The lowest BCUT2D eigenvalue weighted by Gasteiger charge is -2.13. The molecule has 1 heterocycles. The number of thioether (sulfide) groups is 1. The van der Waals surface area contributed by atoms with Crippen LogP contribution in [0.25, 0.3) is 6.08 Å². The van der Waals surface area contributed by atoms with Crippen molar-refractivity contribution >= 4 is 46.2 Å². The van der Waals surface area contributed by atoms with Gasteiger partial charge in [0.2, 0.25) is 5.75 Å². The zero-order valence-corrected chi connectivity index (χ0v) is 18.0. The molecule has 1 N–H and O–H groups in total. The summed E-state index contributed by atoms with van der Waals surface area (Å²) in [7, 11) is 4.38. The molecule has 0 unspecified atom stereocenters. The average Bonchev–Trinajstić information content (AvgIpc) is 3.06. The molecule has 0 spiro atoms. The SMILES string of the molecule is COc1cc(/C=C2\SC(=Nc3ccc(Cl)cc3C(F)(F)F)NC2=O)cc(OC)c1OC. The standard InChI is InChI=1S/C20H16ClF3N2O4S/c1-28-14-6-10(7-15(29-2)17(14)30-3)8-16-18(27)26-19(31-16)25-13-5-4-11(21)9-12(13)20(22,23)24/h4-9H,1-3H3,(H,25,26,27)/b16-8-. The molecule has 0 aliphatic carbocycles. The summed E-state index contributed by atoms with van der Waals surface area (Å²) in [6, 6.07) is 6.50. The van der Waals surface area contributed by atoms with Crippen molar-refractivity contribution in [2.45, 2.75) is 6.18 Å². The van der Waals surface area contributed by atoms with E-state index in [0.29, 0.717) is 22.8 Å². The van der Waals surface area contributed by atoms with E-state index in [-0.39, 0.29) is 20.8 Å². The summed E-state index contributed by atoms with van der Waals surface area (Å²) in [5, 5.41) is 2.41. The molecule has 2 aromatic rings. The highest BCUT2D eigenvalue weighted by Crippen LogP contribution is 2.41. The number of methoxy groups -OCH3 is 3. The largest absolute Gasteiger partial charge is 0.493 e. The van der Waals surface area contributed by atoms with Crippen LogP contribution in [0.2, 0.25) is 5.02 Å². The highest BCUT2D eigenvalue weighted by atomic mass is 35.5. The zero-order valence-electron chi connectivity index (χ0n) is 16.5. The molecule has 0 saturated carbocycles. The molecule has 1 aliphatic heterocycles. The Balaban J connectivity index is 1.95. The molecule has 0 atom stereocenters. The van der Waals surface area contributed by atoms with Gasteiger partial charge in [-0.1, -0.05) is 11.6 Å². The predicted octanol–water partition coefficient (Wildman–Crippen LogP) is 5.28. The summed E-state index contributed by atoms with van der Waals surface area (Å²) >= 11 is 6.59. The van der Waals surface area contributed by atoms with Gasteiger partial charge in [-0.25, -0.2) is 4.99 Å². The number of carbonyl (C=O) groups excluding carboxylic acids is 1. The van der Waals surface area contributed by atoms with Crippen molar-refractivity contribution < 1.29 is 32.2 Å². The molecule has 1 aliphatic rings. The Morgan fingerprint density at radius 3 is 2.26 bits per heavy atom. The maximum absolute atomic E-state index is 13.3. The van der Waals surface area contributed by atoms with E-state index >= 15 is 0 Å². The van der Waals surface area contributed by atoms with Crippen LogP contribution in [0.5, 0.6) is 17.2 Å². The van der Waals surface area contributed by atoms with Crippen LogP contribution < -0.4 is 19.5 Å². The molecule has 1 fully saturated rings. The molecule has 11 heteroatoms. The van der Waals surface area contributed by atoms with Crippen molar-refractivity contribution in [2.75, 3.05) is 21.3 Å². The average molecular weight is 473 g/mol. The van der Waals surface area contributed by atoms with Crippen LogP contribution in [0.3, 0.4) is 0 Å². The number of amides is 1. The quantitative estimate of drug-likeness (QED) is 0.600. The van der Waals surface area contributed by atoms with Crippen molar-refractivity contribution in [1.29, 1.82) is 0 Å². The van der Waals surface area contributed by atoms with E-state index in [1.807, 2.05) is 0 Å². The molecule has 0 aromatic heterocycles. The van der Waals surface area contributed by atoms with Crippen LogP contribution in [0.4, 0.5) is 18.9 Å². The van der Waals surface area contributed by atoms with E-state index in [0.717, 1.165) is 23.9 Å². The van der Waals surface area contributed by atoms with Crippen LogP contribution in [-0.2, 0) is 11.0 Å². The fraction of sp³-hybridized carbons (Fsp3) is 0.200. The van der Waals surface area contributed by atoms with Gasteiger partial charge in [-0.05, 0) is 53.7 Å². The number of nitrogens with one attached hydrogen (secondary N) is 1. The Labute approximate surface area is 185 Å². The van der Waals surface area contributed by atoms with Gasteiger partial charge < -0.3 is 19.5 Å². The minimum absolute atomic E-state index is 0.0107. The number of hydrogen-bond acceptors (Lipinski definition) is 6. The molecule has 164 valence electrons. The lowest BCUT2D eigenvalue weighted by Crippen LogP contribution is -2.19. The first-order valence-electron chi connectivity index (χ1n) is 8.62. The van der Waals surface area contributed by atoms with Crippen molar-refractivity contribution in [3.63, 3.8) is 0 Å². The predicted molar refractivity (Wildman–Crippen MR) is 113 cm³/mol. The fourth-order valence-corrected chi connectivity index (χ4v) is 3.77. The van der Waals surface area contributed by atoms with Crippen molar-refractivity contribution in [2.24, 2.45) is 4.99 Å². The lowest BCUT2D eigenvalue weighted by atomic mass is 10.1. The third-order valence-corrected chi connectivity index (χ3v) is 5.27. The summed E-state index contributed by atoms with van der Waals surface area (Å²) in [5.41, 5.74) is -0.783. The third kappa shape index (κ3) is 5.08. The minimum atomic E-state index is -4.65. The van der Waals surface area contributed by atoms with Crippen molar-refractivity contribution in [3.8, 4) is 17.2 Å². The summed E-state index contributed by atoms with van der Waals surface area (Å²) in [6.45, 7) is 0. The van der Waals surface area contributed by atoms with Gasteiger partial charge in [0, 0.05) is 5.02 Å². The Morgan fingerprint density at radius 1 is 1.06 bits per heavy atom. The molecular weight excluding hydrogens is 457 g/mol. The van der Waals surface area contributed by atoms with E-state index in [4.69, 9.17) is 25.8 Å². The van der Waals surface area contributed by atoms with E-state index in [9.17, 15) is 18.0 Å². The first kappa shape index (κ1) is 22.8. The number of nitrogens with zero attached hydrogens (tertiary/aromatic N) is 1. The smallest absolute Gasteiger partial charge is 0.418 e. The van der Waals surface area contributed by atoms with E-state index < -0.39 is 17.6 Å². The van der Waals surface area contributed by atoms with Crippen molar-refractivity contribution in [1.82, 2.24) is 5.32 Å². The van der Waals surface area contributed by atoms with Gasteiger partial charge in [0.15, 0.2) is 16.7 Å². The van der Waals surface area contributed by atoms with E-state index in [2.05, 4.69) is 10.3 Å². The maximum Gasteiger partial charge on any atom is 0.418 e. The molecule has 1 amide bonds. The van der Waals surface area contributed by atoms with Gasteiger partial charge in [-0.3, -0.25) is 4.79 Å². The second-order valence-electron chi connectivity index (χ2n) is 6.10. The highest BCUT2D eigenvalue weighted by molar-refractivity contribution is 8.18. The molecule has 0 bridgehead atoms. The molecule has 0 radical (unpaired) electrons. The minimum Gasteiger partial charge on any atom is -0.493 e. The Morgan fingerprint density at radius 2 is 1.71 bits per heavy atom. The van der Waals surface area contributed by atoms with Gasteiger partial charge in [-0.15, -0.1) is 0 Å². The first-order valence-corrected chi connectivity index (χ1v) is 9.82. The number of ether oxygens (including phenoxy) is 3. The summed E-state index contributed by atoms with van der Waals surface area (Å²) in [5.74, 6) is 0.671. The summed E-state index contributed by atoms with van der Waals surface area (Å²) in [6.07, 6.45) is -3.11. The lowest BCUT2D eigenvalue weighted by molar-refractivity contribution is -0.137. The molecule has 1 saturated heterocycles. The second kappa shape index (κ2) is 9.11. The molecule has 6 nitrogen and oxygen atoms in total. The number of alkyl halides is 3. The number of hydrogen-bond donors (Lipinski definition) is 1. The Hall–Kier alpha value is -2.85. The Kier molecular flexibility index (Phi) is 6.71. The van der Waals surface area contributed by atoms with Crippen LogP contribution in [0.1, 0.15) is 11.1 Å². The second-order valence-corrected chi connectivity index (χ2v) is 7.57. The Bertz CT molecular complexity index is 1060.